The second-order valence-electron chi connectivity index (χ2n) is 7.33. The first-order valence-electron chi connectivity index (χ1n) is 9.97. The molecule has 1 aliphatic rings. The van der Waals surface area contributed by atoms with Gasteiger partial charge in [-0.3, -0.25) is 9.59 Å². The Bertz CT molecular complexity index is 986. The summed E-state index contributed by atoms with van der Waals surface area (Å²) in [6.45, 7) is 1.00. The summed E-state index contributed by atoms with van der Waals surface area (Å²) in [7, 11) is 0. The van der Waals surface area contributed by atoms with E-state index < -0.39 is 5.92 Å². The highest BCUT2D eigenvalue weighted by molar-refractivity contribution is 6.09. The molecule has 1 fully saturated rings. The Balaban J connectivity index is 1.46. The van der Waals surface area contributed by atoms with E-state index in [4.69, 9.17) is 0 Å². The first kappa shape index (κ1) is 18.9. The number of amides is 2. The van der Waals surface area contributed by atoms with Crippen molar-refractivity contribution < 1.29 is 9.59 Å². The predicted molar refractivity (Wildman–Crippen MR) is 114 cm³/mol. The lowest BCUT2D eigenvalue weighted by Crippen LogP contribution is -2.36. The number of carbonyl (C=O) groups is 2. The second kappa shape index (κ2) is 8.74. The average molecular weight is 384 g/mol. The molecule has 0 aromatic heterocycles. The van der Waals surface area contributed by atoms with Gasteiger partial charge in [0.05, 0.1) is 0 Å². The van der Waals surface area contributed by atoms with Gasteiger partial charge in [0.25, 0.3) is 0 Å². The SMILES string of the molecule is O=C(NCc1ccccc1)[C@@H]1CCN(c2ccccc2Cc2ccccc2)C1=O. The molecule has 1 aliphatic heterocycles. The summed E-state index contributed by atoms with van der Waals surface area (Å²) in [4.78, 5) is 27.4. The van der Waals surface area contributed by atoms with Crippen molar-refractivity contribution in [3.05, 3.63) is 102 Å². The van der Waals surface area contributed by atoms with Crippen molar-refractivity contribution in [2.75, 3.05) is 11.4 Å². The molecule has 1 saturated heterocycles. The minimum atomic E-state index is -0.622. The topological polar surface area (TPSA) is 49.4 Å². The van der Waals surface area contributed by atoms with Gasteiger partial charge in [0.15, 0.2) is 0 Å². The van der Waals surface area contributed by atoms with Gasteiger partial charge in [-0.1, -0.05) is 78.9 Å². The molecule has 0 radical (unpaired) electrons. The van der Waals surface area contributed by atoms with E-state index in [1.165, 1.54) is 5.56 Å². The van der Waals surface area contributed by atoms with E-state index >= 15 is 0 Å². The van der Waals surface area contributed by atoms with E-state index in [1.54, 1.807) is 4.90 Å². The van der Waals surface area contributed by atoms with E-state index in [1.807, 2.05) is 66.7 Å². The minimum Gasteiger partial charge on any atom is -0.351 e. The number of nitrogens with one attached hydrogen (secondary N) is 1. The summed E-state index contributed by atoms with van der Waals surface area (Å²) in [5.41, 5.74) is 4.22. The maximum Gasteiger partial charge on any atom is 0.239 e. The summed E-state index contributed by atoms with van der Waals surface area (Å²) in [6.07, 6.45) is 1.30. The van der Waals surface area contributed by atoms with Crippen molar-refractivity contribution in [3.63, 3.8) is 0 Å². The van der Waals surface area contributed by atoms with Crippen LogP contribution in [-0.2, 0) is 22.6 Å². The Labute approximate surface area is 171 Å². The van der Waals surface area contributed by atoms with Crippen molar-refractivity contribution in [1.29, 1.82) is 0 Å². The van der Waals surface area contributed by atoms with Gasteiger partial charge in [0.2, 0.25) is 11.8 Å². The number of benzene rings is 3. The van der Waals surface area contributed by atoms with E-state index in [0.29, 0.717) is 19.5 Å². The van der Waals surface area contributed by atoms with Gasteiger partial charge in [-0.05, 0) is 35.6 Å². The fourth-order valence-electron chi connectivity index (χ4n) is 3.81. The molecule has 4 heteroatoms. The Kier molecular flexibility index (Phi) is 5.71. The smallest absolute Gasteiger partial charge is 0.239 e. The molecular weight excluding hydrogens is 360 g/mol. The van der Waals surface area contributed by atoms with Crippen LogP contribution in [-0.4, -0.2) is 18.4 Å². The van der Waals surface area contributed by atoms with Gasteiger partial charge >= 0.3 is 0 Å². The van der Waals surface area contributed by atoms with Crippen molar-refractivity contribution in [3.8, 4) is 0 Å². The molecule has 3 aromatic rings. The van der Waals surface area contributed by atoms with Crippen LogP contribution in [0.5, 0.6) is 0 Å². The Morgan fingerprint density at radius 2 is 1.48 bits per heavy atom. The van der Waals surface area contributed by atoms with Crippen LogP contribution in [0.1, 0.15) is 23.1 Å². The molecule has 0 unspecified atom stereocenters. The van der Waals surface area contributed by atoms with Crippen LogP contribution in [0.15, 0.2) is 84.9 Å². The minimum absolute atomic E-state index is 0.115. The fourth-order valence-corrected chi connectivity index (χ4v) is 3.81. The molecule has 0 saturated carbocycles. The average Bonchev–Trinajstić information content (AvgIpc) is 3.15. The normalized spacial score (nSPS) is 16.1. The van der Waals surface area contributed by atoms with Gasteiger partial charge < -0.3 is 10.2 Å². The van der Waals surface area contributed by atoms with Gasteiger partial charge in [-0.2, -0.15) is 0 Å². The molecule has 2 amide bonds. The second-order valence-corrected chi connectivity index (χ2v) is 7.33. The lowest BCUT2D eigenvalue weighted by Gasteiger charge is -2.20. The predicted octanol–water partition coefficient (Wildman–Crippen LogP) is 3.95. The first-order valence-corrected chi connectivity index (χ1v) is 9.97. The molecule has 146 valence electrons. The Morgan fingerprint density at radius 3 is 2.21 bits per heavy atom. The van der Waals surface area contributed by atoms with E-state index in [2.05, 4.69) is 23.5 Å². The highest BCUT2D eigenvalue weighted by Gasteiger charge is 2.38. The first-order chi connectivity index (χ1) is 14.2. The lowest BCUT2D eigenvalue weighted by molar-refractivity contribution is -0.132. The van der Waals surface area contributed by atoms with Crippen LogP contribution < -0.4 is 10.2 Å². The number of anilines is 1. The largest absolute Gasteiger partial charge is 0.351 e. The fraction of sp³-hybridized carbons (Fsp3) is 0.200. The third-order valence-corrected chi connectivity index (χ3v) is 5.35. The zero-order chi connectivity index (χ0) is 20.1. The molecule has 0 bridgehead atoms. The Morgan fingerprint density at radius 1 is 0.862 bits per heavy atom. The van der Waals surface area contributed by atoms with Crippen molar-refractivity contribution in [2.24, 2.45) is 5.92 Å². The quantitative estimate of drug-likeness (QED) is 0.655. The van der Waals surface area contributed by atoms with Gasteiger partial charge in [0.1, 0.15) is 5.92 Å². The third kappa shape index (κ3) is 4.37. The van der Waals surface area contributed by atoms with Gasteiger partial charge in [-0.15, -0.1) is 0 Å². The van der Waals surface area contributed by atoms with E-state index in [9.17, 15) is 9.59 Å². The van der Waals surface area contributed by atoms with E-state index in [-0.39, 0.29) is 11.8 Å². The highest BCUT2D eigenvalue weighted by Crippen LogP contribution is 2.29. The molecule has 1 atom stereocenters. The number of para-hydroxylation sites is 1. The van der Waals surface area contributed by atoms with Crippen LogP contribution in [0.25, 0.3) is 0 Å². The summed E-state index contributed by atoms with van der Waals surface area (Å²) < 4.78 is 0. The van der Waals surface area contributed by atoms with Crippen LogP contribution in [0.4, 0.5) is 5.69 Å². The van der Waals surface area contributed by atoms with Crippen molar-refractivity contribution in [1.82, 2.24) is 5.32 Å². The molecule has 4 rings (SSSR count). The molecule has 1 heterocycles. The van der Waals surface area contributed by atoms with Crippen LogP contribution >= 0.6 is 0 Å². The zero-order valence-corrected chi connectivity index (χ0v) is 16.3. The number of carbonyl (C=O) groups excluding carboxylic acids is 2. The molecule has 3 aromatic carbocycles. The van der Waals surface area contributed by atoms with Gasteiger partial charge in [0, 0.05) is 18.8 Å². The van der Waals surface area contributed by atoms with Crippen LogP contribution in [0.3, 0.4) is 0 Å². The number of rotatable bonds is 6. The lowest BCUT2D eigenvalue weighted by atomic mass is 10.0. The third-order valence-electron chi connectivity index (χ3n) is 5.35. The summed E-state index contributed by atoms with van der Waals surface area (Å²) in [5.74, 6) is -0.929. The van der Waals surface area contributed by atoms with Crippen LogP contribution in [0, 0.1) is 5.92 Å². The molecule has 1 N–H and O–H groups in total. The highest BCUT2D eigenvalue weighted by atomic mass is 16.2. The molecule has 4 nitrogen and oxygen atoms in total. The summed E-state index contributed by atoms with van der Waals surface area (Å²) in [6, 6.07) is 27.9. The molecule has 0 spiro atoms. The van der Waals surface area contributed by atoms with Gasteiger partial charge in [-0.25, -0.2) is 0 Å². The van der Waals surface area contributed by atoms with E-state index in [0.717, 1.165) is 23.2 Å². The number of hydrogen-bond acceptors (Lipinski definition) is 2. The maximum atomic E-state index is 13.0. The maximum absolute atomic E-state index is 13.0. The standard InChI is InChI=1S/C25H24N2O2/c28-24(26-18-20-11-5-2-6-12-20)22-15-16-27(25(22)29)23-14-8-7-13-21(23)17-19-9-3-1-4-10-19/h1-14,22H,15-18H2,(H,26,28)/t22-/m0/s1. The molecule has 29 heavy (non-hydrogen) atoms. The monoisotopic (exact) mass is 384 g/mol. The summed E-state index contributed by atoms with van der Waals surface area (Å²) >= 11 is 0. The van der Waals surface area contributed by atoms with Crippen molar-refractivity contribution >= 4 is 17.5 Å². The Hall–Kier alpha value is -3.40. The van der Waals surface area contributed by atoms with Crippen LogP contribution in [0.2, 0.25) is 0 Å². The molecular formula is C25H24N2O2. The summed E-state index contributed by atoms with van der Waals surface area (Å²) in [5, 5.41) is 2.91. The number of hydrogen-bond donors (Lipinski definition) is 1. The molecule has 0 aliphatic carbocycles. The van der Waals surface area contributed by atoms with Crippen molar-refractivity contribution in [2.45, 2.75) is 19.4 Å². The zero-order valence-electron chi connectivity index (χ0n) is 16.3. The number of nitrogens with zero attached hydrogens (tertiary/aromatic N) is 1.